The minimum atomic E-state index is -0.123. The number of aromatic nitrogens is 2. The van der Waals surface area contributed by atoms with E-state index >= 15 is 0 Å². The average Bonchev–Trinajstić information content (AvgIpc) is 2.73. The summed E-state index contributed by atoms with van der Waals surface area (Å²) in [6.07, 6.45) is 2.90. The molecule has 0 fully saturated rings. The molecule has 2 aromatic carbocycles. The molecule has 0 saturated carbocycles. The lowest BCUT2D eigenvalue weighted by atomic mass is 10.1. The Balaban J connectivity index is 1.96. The smallest absolute Gasteiger partial charge is 0.266 e. The fourth-order valence-electron chi connectivity index (χ4n) is 3.27. The minimum absolute atomic E-state index is 0.0498. The maximum atomic E-state index is 13.2. The van der Waals surface area contributed by atoms with Crippen molar-refractivity contribution < 1.29 is 4.79 Å². The third-order valence-corrected chi connectivity index (χ3v) is 5.75. The Hall–Kier alpha value is -2.60. The number of amides is 1. The van der Waals surface area contributed by atoms with E-state index in [4.69, 9.17) is 0 Å². The second kappa shape index (κ2) is 9.74. The van der Waals surface area contributed by atoms with E-state index in [-0.39, 0.29) is 23.3 Å². The van der Waals surface area contributed by atoms with Crippen LogP contribution in [0.25, 0.3) is 16.6 Å². The molecule has 1 atom stereocenters. The Morgan fingerprint density at radius 2 is 1.86 bits per heavy atom. The van der Waals surface area contributed by atoms with Crippen LogP contribution in [0.15, 0.2) is 58.5 Å². The first-order valence-corrected chi connectivity index (χ1v) is 11.0. The van der Waals surface area contributed by atoms with Gasteiger partial charge in [0.15, 0.2) is 5.16 Å². The summed E-state index contributed by atoms with van der Waals surface area (Å²) in [5.74, 6) is 0.164. The van der Waals surface area contributed by atoms with E-state index < -0.39 is 0 Å². The van der Waals surface area contributed by atoms with E-state index in [0.29, 0.717) is 16.1 Å². The summed E-state index contributed by atoms with van der Waals surface area (Å²) < 4.78 is 1.61. The molecular weight excluding hydrogens is 382 g/mol. The fourth-order valence-corrected chi connectivity index (χ4v) is 4.09. The van der Waals surface area contributed by atoms with Gasteiger partial charge in [0, 0.05) is 6.04 Å². The molecule has 1 N–H and O–H groups in total. The minimum Gasteiger partial charge on any atom is -0.353 e. The summed E-state index contributed by atoms with van der Waals surface area (Å²) in [6, 6.07) is 15.4. The third-order valence-electron chi connectivity index (χ3n) is 4.81. The quantitative estimate of drug-likeness (QED) is 0.444. The lowest BCUT2D eigenvalue weighted by molar-refractivity contribution is -0.119. The first-order valence-electron chi connectivity index (χ1n) is 10.1. The molecule has 152 valence electrons. The van der Waals surface area contributed by atoms with Crippen LogP contribution in [-0.4, -0.2) is 27.3 Å². The predicted molar refractivity (Wildman–Crippen MR) is 120 cm³/mol. The van der Waals surface area contributed by atoms with Crippen LogP contribution in [0.4, 0.5) is 0 Å². The number of hydrogen-bond acceptors (Lipinski definition) is 4. The summed E-state index contributed by atoms with van der Waals surface area (Å²) in [5.41, 5.74) is 2.48. The summed E-state index contributed by atoms with van der Waals surface area (Å²) in [4.78, 5) is 30.2. The Kier molecular flexibility index (Phi) is 7.09. The molecule has 1 amide bonds. The van der Waals surface area contributed by atoms with Gasteiger partial charge in [-0.05, 0) is 49.6 Å². The molecule has 0 aliphatic carbocycles. The van der Waals surface area contributed by atoms with Gasteiger partial charge in [-0.1, -0.05) is 56.3 Å². The molecule has 3 rings (SSSR count). The number of hydrogen-bond donors (Lipinski definition) is 1. The number of aryl methyl sites for hydroxylation is 1. The summed E-state index contributed by atoms with van der Waals surface area (Å²) in [7, 11) is 0. The maximum Gasteiger partial charge on any atom is 0.266 e. The van der Waals surface area contributed by atoms with Crippen LogP contribution >= 0.6 is 11.8 Å². The van der Waals surface area contributed by atoms with Gasteiger partial charge in [-0.25, -0.2) is 4.98 Å². The molecule has 0 aliphatic heterocycles. The van der Waals surface area contributed by atoms with Crippen molar-refractivity contribution >= 4 is 28.6 Å². The SMILES string of the molecule is CCC[C@H](C)NC(=O)CSc1nc2ccccc2c(=O)n1-c1ccc(CC)cc1. The van der Waals surface area contributed by atoms with Crippen molar-refractivity contribution in [3.8, 4) is 5.69 Å². The second-order valence-corrected chi connectivity index (χ2v) is 8.06. The van der Waals surface area contributed by atoms with E-state index in [1.165, 1.54) is 17.3 Å². The van der Waals surface area contributed by atoms with E-state index in [9.17, 15) is 9.59 Å². The van der Waals surface area contributed by atoms with Crippen LogP contribution in [0.2, 0.25) is 0 Å². The number of benzene rings is 2. The number of nitrogens with zero attached hydrogens (tertiary/aromatic N) is 2. The van der Waals surface area contributed by atoms with Gasteiger partial charge in [-0.15, -0.1) is 0 Å². The van der Waals surface area contributed by atoms with Crippen LogP contribution < -0.4 is 10.9 Å². The van der Waals surface area contributed by atoms with Crippen molar-refractivity contribution in [2.24, 2.45) is 0 Å². The number of nitrogens with one attached hydrogen (secondary N) is 1. The van der Waals surface area contributed by atoms with Gasteiger partial charge in [0.1, 0.15) is 0 Å². The van der Waals surface area contributed by atoms with Crippen molar-refractivity contribution in [3.05, 3.63) is 64.4 Å². The van der Waals surface area contributed by atoms with E-state index in [1.807, 2.05) is 49.4 Å². The zero-order valence-corrected chi connectivity index (χ0v) is 18.0. The van der Waals surface area contributed by atoms with Crippen molar-refractivity contribution in [3.63, 3.8) is 0 Å². The number of rotatable bonds is 8. The van der Waals surface area contributed by atoms with E-state index in [2.05, 4.69) is 24.1 Å². The molecule has 29 heavy (non-hydrogen) atoms. The first-order chi connectivity index (χ1) is 14.0. The van der Waals surface area contributed by atoms with Gasteiger partial charge in [0.05, 0.1) is 22.3 Å². The van der Waals surface area contributed by atoms with Crippen molar-refractivity contribution in [1.29, 1.82) is 0 Å². The van der Waals surface area contributed by atoms with Crippen LogP contribution in [-0.2, 0) is 11.2 Å². The Bertz CT molecular complexity index is 1040. The summed E-state index contributed by atoms with van der Waals surface area (Å²) in [6.45, 7) is 6.20. The van der Waals surface area contributed by atoms with Crippen molar-refractivity contribution in [2.75, 3.05) is 5.75 Å². The highest BCUT2D eigenvalue weighted by atomic mass is 32.2. The van der Waals surface area contributed by atoms with Gasteiger partial charge in [0.25, 0.3) is 5.56 Å². The molecule has 0 saturated heterocycles. The van der Waals surface area contributed by atoms with E-state index in [0.717, 1.165) is 24.9 Å². The molecule has 0 aliphatic rings. The van der Waals surface area contributed by atoms with Gasteiger partial charge >= 0.3 is 0 Å². The number of carbonyl (C=O) groups excluding carboxylic acids is 1. The Morgan fingerprint density at radius 3 is 2.55 bits per heavy atom. The fraction of sp³-hybridized carbons (Fsp3) is 0.348. The Labute approximate surface area is 175 Å². The van der Waals surface area contributed by atoms with Gasteiger partial charge < -0.3 is 5.32 Å². The normalized spacial score (nSPS) is 12.1. The second-order valence-electron chi connectivity index (χ2n) is 7.12. The monoisotopic (exact) mass is 409 g/mol. The first kappa shape index (κ1) is 21.1. The van der Waals surface area contributed by atoms with Gasteiger partial charge in [-0.3, -0.25) is 14.2 Å². The topological polar surface area (TPSA) is 64.0 Å². The zero-order valence-electron chi connectivity index (χ0n) is 17.1. The Morgan fingerprint density at radius 1 is 1.14 bits per heavy atom. The van der Waals surface area contributed by atoms with E-state index in [1.54, 1.807) is 10.6 Å². The van der Waals surface area contributed by atoms with Crippen LogP contribution in [0.3, 0.4) is 0 Å². The van der Waals surface area contributed by atoms with Crippen LogP contribution in [0, 0.1) is 0 Å². The summed E-state index contributed by atoms with van der Waals surface area (Å²) in [5, 5.41) is 4.09. The predicted octanol–water partition coefficient (Wildman–Crippen LogP) is 4.35. The molecule has 3 aromatic rings. The maximum absolute atomic E-state index is 13.2. The lowest BCUT2D eigenvalue weighted by Crippen LogP contribution is -2.34. The highest BCUT2D eigenvalue weighted by Crippen LogP contribution is 2.21. The molecule has 0 bridgehead atoms. The molecule has 0 spiro atoms. The number of carbonyl (C=O) groups is 1. The van der Waals surface area contributed by atoms with Crippen molar-refractivity contribution in [1.82, 2.24) is 14.9 Å². The molecule has 0 radical (unpaired) electrons. The summed E-state index contributed by atoms with van der Waals surface area (Å²) >= 11 is 1.29. The number of para-hydroxylation sites is 1. The number of thioether (sulfide) groups is 1. The zero-order chi connectivity index (χ0) is 20.8. The van der Waals surface area contributed by atoms with Gasteiger partial charge in [-0.2, -0.15) is 0 Å². The van der Waals surface area contributed by atoms with Crippen LogP contribution in [0.5, 0.6) is 0 Å². The molecule has 6 heteroatoms. The van der Waals surface area contributed by atoms with Gasteiger partial charge in [0.2, 0.25) is 5.91 Å². The van der Waals surface area contributed by atoms with Crippen LogP contribution in [0.1, 0.15) is 39.2 Å². The van der Waals surface area contributed by atoms with Crippen molar-refractivity contribution in [2.45, 2.75) is 51.2 Å². The standard InChI is InChI=1S/C23H27N3O2S/c1-4-8-16(3)24-21(27)15-29-23-25-20-10-7-6-9-19(20)22(28)26(23)18-13-11-17(5-2)12-14-18/h6-7,9-14,16H,4-5,8,15H2,1-3H3,(H,24,27)/t16-/m0/s1. The highest BCUT2D eigenvalue weighted by molar-refractivity contribution is 7.99. The molecular formula is C23H27N3O2S. The average molecular weight is 410 g/mol. The molecule has 1 aromatic heterocycles. The third kappa shape index (κ3) is 5.07. The highest BCUT2D eigenvalue weighted by Gasteiger charge is 2.15. The molecule has 0 unspecified atom stereocenters. The lowest BCUT2D eigenvalue weighted by Gasteiger charge is -2.15. The number of fused-ring (bicyclic) bond motifs is 1. The molecule has 1 heterocycles. The molecule has 5 nitrogen and oxygen atoms in total. The largest absolute Gasteiger partial charge is 0.353 e.